The number of ether oxygens (including phenoxy) is 1. The van der Waals surface area contributed by atoms with Crippen LogP contribution < -0.4 is 0 Å². The van der Waals surface area contributed by atoms with Crippen LogP contribution in [-0.4, -0.2) is 10.6 Å². The third kappa shape index (κ3) is 4.35. The molecule has 1 rings (SSSR count). The lowest BCUT2D eigenvalue weighted by atomic mass is 9.95. The zero-order valence-corrected chi connectivity index (χ0v) is 10.7. The van der Waals surface area contributed by atoms with Crippen molar-refractivity contribution in [3.05, 3.63) is 18.4 Å². The SMILES string of the molecule is CCCCCC(C)(CC)OCc1cocn1. The van der Waals surface area contributed by atoms with Gasteiger partial charge in [0, 0.05) is 0 Å². The molecule has 0 fully saturated rings. The Morgan fingerprint density at radius 1 is 1.38 bits per heavy atom. The fourth-order valence-corrected chi connectivity index (χ4v) is 1.66. The molecule has 0 N–H and O–H groups in total. The van der Waals surface area contributed by atoms with E-state index in [0.29, 0.717) is 6.61 Å². The molecule has 0 amide bonds. The van der Waals surface area contributed by atoms with Gasteiger partial charge in [-0.15, -0.1) is 0 Å². The van der Waals surface area contributed by atoms with Gasteiger partial charge in [-0.3, -0.25) is 0 Å². The highest BCUT2D eigenvalue weighted by atomic mass is 16.5. The molecule has 0 spiro atoms. The Labute approximate surface area is 98.2 Å². The molecule has 0 aromatic carbocycles. The summed E-state index contributed by atoms with van der Waals surface area (Å²) in [4.78, 5) is 4.06. The molecule has 0 saturated carbocycles. The largest absolute Gasteiger partial charge is 0.451 e. The van der Waals surface area contributed by atoms with E-state index in [9.17, 15) is 0 Å². The summed E-state index contributed by atoms with van der Waals surface area (Å²) >= 11 is 0. The van der Waals surface area contributed by atoms with Crippen molar-refractivity contribution in [2.75, 3.05) is 0 Å². The fraction of sp³-hybridized carbons (Fsp3) is 0.769. The quantitative estimate of drug-likeness (QED) is 0.628. The first-order valence-electron chi connectivity index (χ1n) is 6.21. The first-order valence-corrected chi connectivity index (χ1v) is 6.21. The molecule has 3 heteroatoms. The van der Waals surface area contributed by atoms with Gasteiger partial charge in [-0.25, -0.2) is 4.98 Å². The van der Waals surface area contributed by atoms with Crippen LogP contribution in [0.3, 0.4) is 0 Å². The van der Waals surface area contributed by atoms with Gasteiger partial charge in [-0.2, -0.15) is 0 Å². The molecule has 0 radical (unpaired) electrons. The van der Waals surface area contributed by atoms with Crippen LogP contribution in [0, 0.1) is 0 Å². The fourth-order valence-electron chi connectivity index (χ4n) is 1.66. The molecule has 3 nitrogen and oxygen atoms in total. The second-order valence-corrected chi connectivity index (χ2v) is 4.53. The standard InChI is InChI=1S/C13H23NO2/c1-4-6-7-8-13(3,5-2)16-10-12-9-15-11-14-12/h9,11H,4-8,10H2,1-3H3. The van der Waals surface area contributed by atoms with Gasteiger partial charge >= 0.3 is 0 Å². The minimum Gasteiger partial charge on any atom is -0.451 e. The van der Waals surface area contributed by atoms with Gasteiger partial charge in [-0.05, 0) is 19.8 Å². The molecule has 1 unspecified atom stereocenters. The Hall–Kier alpha value is -0.830. The summed E-state index contributed by atoms with van der Waals surface area (Å²) in [6.45, 7) is 7.13. The van der Waals surface area contributed by atoms with Crippen LogP contribution in [-0.2, 0) is 11.3 Å². The average molecular weight is 225 g/mol. The lowest BCUT2D eigenvalue weighted by Gasteiger charge is -2.28. The molecule has 0 aliphatic rings. The normalized spacial score (nSPS) is 14.9. The molecule has 16 heavy (non-hydrogen) atoms. The van der Waals surface area contributed by atoms with Crippen LogP contribution >= 0.6 is 0 Å². The van der Waals surface area contributed by atoms with E-state index in [1.54, 1.807) is 6.26 Å². The van der Waals surface area contributed by atoms with Crippen molar-refractivity contribution >= 4 is 0 Å². The summed E-state index contributed by atoms with van der Waals surface area (Å²) in [5, 5.41) is 0. The maximum atomic E-state index is 5.95. The summed E-state index contributed by atoms with van der Waals surface area (Å²) < 4.78 is 10.9. The van der Waals surface area contributed by atoms with E-state index in [2.05, 4.69) is 25.8 Å². The van der Waals surface area contributed by atoms with Crippen molar-refractivity contribution in [3.8, 4) is 0 Å². The number of unbranched alkanes of at least 4 members (excludes halogenated alkanes) is 2. The van der Waals surface area contributed by atoms with Crippen LogP contribution in [0.2, 0.25) is 0 Å². The number of hydrogen-bond donors (Lipinski definition) is 0. The summed E-state index contributed by atoms with van der Waals surface area (Å²) in [5.41, 5.74) is 0.851. The number of rotatable bonds is 8. The van der Waals surface area contributed by atoms with Gasteiger partial charge in [0.1, 0.15) is 12.0 Å². The zero-order chi connectivity index (χ0) is 11.9. The highest BCUT2D eigenvalue weighted by Gasteiger charge is 2.22. The Bertz CT molecular complexity index is 271. The summed E-state index contributed by atoms with van der Waals surface area (Å²) in [7, 11) is 0. The highest BCUT2D eigenvalue weighted by molar-refractivity contribution is 4.88. The van der Waals surface area contributed by atoms with E-state index < -0.39 is 0 Å². The number of oxazole rings is 1. The van der Waals surface area contributed by atoms with Gasteiger partial charge in [0.2, 0.25) is 0 Å². The van der Waals surface area contributed by atoms with Crippen molar-refractivity contribution < 1.29 is 9.15 Å². The Morgan fingerprint density at radius 2 is 2.19 bits per heavy atom. The van der Waals surface area contributed by atoms with Crippen LogP contribution in [0.1, 0.15) is 58.6 Å². The van der Waals surface area contributed by atoms with Crippen LogP contribution in [0.15, 0.2) is 17.1 Å². The van der Waals surface area contributed by atoms with Gasteiger partial charge in [-0.1, -0.05) is 33.1 Å². The van der Waals surface area contributed by atoms with E-state index in [1.807, 2.05) is 0 Å². The Balaban J connectivity index is 2.34. The topological polar surface area (TPSA) is 35.3 Å². The average Bonchev–Trinajstić information content (AvgIpc) is 2.80. The Kier molecular flexibility index (Phi) is 5.53. The van der Waals surface area contributed by atoms with E-state index in [-0.39, 0.29) is 5.60 Å². The van der Waals surface area contributed by atoms with Crippen molar-refractivity contribution in [1.82, 2.24) is 4.98 Å². The maximum absolute atomic E-state index is 5.95. The maximum Gasteiger partial charge on any atom is 0.180 e. The second kappa shape index (κ2) is 6.69. The monoisotopic (exact) mass is 225 g/mol. The third-order valence-corrected chi connectivity index (χ3v) is 3.11. The molecule has 1 aromatic heterocycles. The minimum absolute atomic E-state index is 0.0197. The van der Waals surface area contributed by atoms with Crippen LogP contribution in [0.5, 0.6) is 0 Å². The predicted octanol–water partition coefficient (Wildman–Crippen LogP) is 3.94. The molecule has 0 bridgehead atoms. The van der Waals surface area contributed by atoms with Gasteiger partial charge in [0.05, 0.1) is 12.2 Å². The molecule has 0 saturated heterocycles. The van der Waals surface area contributed by atoms with E-state index in [1.165, 1.54) is 25.7 Å². The zero-order valence-electron chi connectivity index (χ0n) is 10.7. The molecule has 1 aromatic rings. The van der Waals surface area contributed by atoms with Gasteiger partial charge in [0.25, 0.3) is 0 Å². The summed E-state index contributed by atoms with van der Waals surface area (Å²) in [6.07, 6.45) is 9.01. The minimum atomic E-state index is -0.0197. The lowest BCUT2D eigenvalue weighted by molar-refractivity contribution is -0.0542. The van der Waals surface area contributed by atoms with Crippen molar-refractivity contribution in [2.24, 2.45) is 0 Å². The van der Waals surface area contributed by atoms with Crippen LogP contribution in [0.25, 0.3) is 0 Å². The third-order valence-electron chi connectivity index (χ3n) is 3.11. The van der Waals surface area contributed by atoms with Gasteiger partial charge in [0.15, 0.2) is 6.39 Å². The number of hydrogen-bond acceptors (Lipinski definition) is 3. The first-order chi connectivity index (χ1) is 7.70. The molecule has 1 heterocycles. The number of nitrogens with zero attached hydrogens (tertiary/aromatic N) is 1. The molecular formula is C13H23NO2. The predicted molar refractivity (Wildman–Crippen MR) is 64.1 cm³/mol. The molecule has 1 atom stereocenters. The van der Waals surface area contributed by atoms with Gasteiger partial charge < -0.3 is 9.15 Å². The lowest BCUT2D eigenvalue weighted by Crippen LogP contribution is -2.27. The van der Waals surface area contributed by atoms with Crippen molar-refractivity contribution in [2.45, 2.75) is 65.1 Å². The molecular weight excluding hydrogens is 202 g/mol. The van der Waals surface area contributed by atoms with E-state index >= 15 is 0 Å². The van der Waals surface area contributed by atoms with Crippen LogP contribution in [0.4, 0.5) is 0 Å². The van der Waals surface area contributed by atoms with E-state index in [0.717, 1.165) is 18.5 Å². The Morgan fingerprint density at radius 3 is 2.75 bits per heavy atom. The highest BCUT2D eigenvalue weighted by Crippen LogP contribution is 2.24. The second-order valence-electron chi connectivity index (χ2n) is 4.53. The summed E-state index contributed by atoms with van der Waals surface area (Å²) in [5.74, 6) is 0. The van der Waals surface area contributed by atoms with Crippen molar-refractivity contribution in [3.63, 3.8) is 0 Å². The van der Waals surface area contributed by atoms with E-state index in [4.69, 9.17) is 9.15 Å². The molecule has 0 aliphatic heterocycles. The first kappa shape index (κ1) is 13.2. The van der Waals surface area contributed by atoms with Crippen molar-refractivity contribution in [1.29, 1.82) is 0 Å². The smallest absolute Gasteiger partial charge is 0.180 e. The molecule has 92 valence electrons. The summed E-state index contributed by atoms with van der Waals surface area (Å²) in [6, 6.07) is 0. The number of aromatic nitrogens is 1. The molecule has 0 aliphatic carbocycles.